The molecule has 0 aliphatic carbocycles. The second kappa shape index (κ2) is 6.04. The van der Waals surface area contributed by atoms with Crippen molar-refractivity contribution in [1.29, 1.82) is 0 Å². The van der Waals surface area contributed by atoms with Crippen molar-refractivity contribution in [3.63, 3.8) is 0 Å². The van der Waals surface area contributed by atoms with Gasteiger partial charge in [0.15, 0.2) is 5.82 Å². The molecule has 2 amide bonds. The van der Waals surface area contributed by atoms with Crippen LogP contribution in [-0.2, 0) is 16.6 Å². The van der Waals surface area contributed by atoms with E-state index >= 15 is 0 Å². The van der Waals surface area contributed by atoms with Crippen LogP contribution in [-0.4, -0.2) is 60.1 Å². The van der Waals surface area contributed by atoms with Gasteiger partial charge in [0.25, 0.3) is 5.91 Å². The van der Waals surface area contributed by atoms with E-state index in [-0.39, 0.29) is 23.7 Å². The van der Waals surface area contributed by atoms with E-state index in [2.05, 4.69) is 10.3 Å². The lowest BCUT2D eigenvalue weighted by atomic mass is 9.96. The number of rotatable bonds is 4. The minimum Gasteiger partial charge on any atom is -0.384 e. The molecule has 1 aliphatic rings. The molecule has 2 heterocycles. The molecule has 0 aromatic carbocycles. The molecule has 0 saturated carbocycles. The molecule has 0 spiro atoms. The van der Waals surface area contributed by atoms with Gasteiger partial charge in [0.2, 0.25) is 5.91 Å². The van der Waals surface area contributed by atoms with Gasteiger partial charge < -0.3 is 19.5 Å². The van der Waals surface area contributed by atoms with E-state index in [1.54, 1.807) is 43.1 Å². The summed E-state index contributed by atoms with van der Waals surface area (Å²) in [6, 6.07) is 0. The number of aromatic nitrogens is 2. The topological polar surface area (TPSA) is 76.5 Å². The number of likely N-dealkylation sites (tertiary alicyclic amines) is 1. The van der Waals surface area contributed by atoms with Crippen molar-refractivity contribution in [3.8, 4) is 0 Å². The molecule has 1 fully saturated rings. The van der Waals surface area contributed by atoms with Crippen molar-refractivity contribution in [2.45, 2.75) is 0 Å². The quantitative estimate of drug-likeness (QED) is 0.807. The van der Waals surface area contributed by atoms with Crippen LogP contribution in [0, 0.1) is 11.8 Å². The predicted octanol–water partition coefficient (Wildman–Crippen LogP) is -0.499. The summed E-state index contributed by atoms with van der Waals surface area (Å²) >= 11 is 0. The summed E-state index contributed by atoms with van der Waals surface area (Å²) in [6.07, 6.45) is 3.32. The molecule has 0 unspecified atom stereocenters. The maximum absolute atomic E-state index is 12.4. The molecule has 1 N–H and O–H groups in total. The van der Waals surface area contributed by atoms with Crippen molar-refractivity contribution < 1.29 is 14.3 Å². The number of hydrogen-bond acceptors (Lipinski definition) is 4. The lowest BCUT2D eigenvalue weighted by Crippen LogP contribution is -2.35. The van der Waals surface area contributed by atoms with Crippen molar-refractivity contribution >= 4 is 11.8 Å². The number of methoxy groups -OCH3 is 1. The van der Waals surface area contributed by atoms with Crippen LogP contribution >= 0.6 is 0 Å². The fraction of sp³-hybridized carbons (Fsp3) is 0.615. The van der Waals surface area contributed by atoms with Gasteiger partial charge in [-0.2, -0.15) is 0 Å². The standard InChI is InChI=1S/C13H20N4O3/c1-14-12(18)10-7-17(6-9(10)8-20-3)13(19)11-15-4-5-16(11)2/h4-5,9-10H,6-8H2,1-3H3,(H,14,18)/t9-,10+/m0/s1. The first-order valence-corrected chi connectivity index (χ1v) is 6.55. The van der Waals surface area contributed by atoms with Crippen LogP contribution in [0.25, 0.3) is 0 Å². The summed E-state index contributed by atoms with van der Waals surface area (Å²) in [4.78, 5) is 30.0. The Kier molecular flexibility index (Phi) is 4.39. The average molecular weight is 280 g/mol. The fourth-order valence-corrected chi connectivity index (χ4v) is 2.62. The molecule has 1 saturated heterocycles. The Morgan fingerprint density at radius 3 is 2.80 bits per heavy atom. The highest BCUT2D eigenvalue weighted by atomic mass is 16.5. The lowest BCUT2D eigenvalue weighted by Gasteiger charge is -2.15. The van der Waals surface area contributed by atoms with Crippen LogP contribution < -0.4 is 5.32 Å². The molecular formula is C13H20N4O3. The van der Waals surface area contributed by atoms with Crippen molar-refractivity contribution in [2.75, 3.05) is 33.9 Å². The molecule has 110 valence electrons. The van der Waals surface area contributed by atoms with Crippen LogP contribution in [0.2, 0.25) is 0 Å². The molecule has 7 heteroatoms. The minimum absolute atomic E-state index is 0.0177. The average Bonchev–Trinajstić information content (AvgIpc) is 3.04. The molecule has 1 aromatic rings. The maximum atomic E-state index is 12.4. The zero-order valence-corrected chi connectivity index (χ0v) is 12.0. The van der Waals surface area contributed by atoms with Gasteiger partial charge in [0, 0.05) is 52.6 Å². The summed E-state index contributed by atoms with van der Waals surface area (Å²) in [7, 11) is 4.98. The zero-order valence-electron chi connectivity index (χ0n) is 12.0. The predicted molar refractivity (Wildman–Crippen MR) is 72.0 cm³/mol. The Hall–Kier alpha value is -1.89. The first kappa shape index (κ1) is 14.5. The van der Waals surface area contributed by atoms with Gasteiger partial charge in [0.05, 0.1) is 12.5 Å². The summed E-state index contributed by atoms with van der Waals surface area (Å²) < 4.78 is 6.84. The fourth-order valence-electron chi connectivity index (χ4n) is 2.62. The third-order valence-corrected chi connectivity index (χ3v) is 3.70. The van der Waals surface area contributed by atoms with E-state index in [9.17, 15) is 9.59 Å². The smallest absolute Gasteiger partial charge is 0.289 e. The molecule has 20 heavy (non-hydrogen) atoms. The van der Waals surface area contributed by atoms with Crippen LogP contribution in [0.15, 0.2) is 12.4 Å². The maximum Gasteiger partial charge on any atom is 0.289 e. The normalized spacial score (nSPS) is 22.1. The third-order valence-electron chi connectivity index (χ3n) is 3.70. The van der Waals surface area contributed by atoms with Gasteiger partial charge in [-0.25, -0.2) is 4.98 Å². The monoisotopic (exact) mass is 280 g/mol. The SMILES string of the molecule is CNC(=O)[C@@H]1CN(C(=O)c2nccn2C)C[C@H]1COC. The first-order valence-electron chi connectivity index (χ1n) is 6.55. The Bertz CT molecular complexity index is 500. The second-order valence-corrected chi connectivity index (χ2v) is 5.01. The minimum atomic E-state index is -0.232. The Morgan fingerprint density at radius 1 is 1.50 bits per heavy atom. The number of ether oxygens (including phenoxy) is 1. The summed E-state index contributed by atoms with van der Waals surface area (Å²) in [5.74, 6) is -0.0285. The summed E-state index contributed by atoms with van der Waals surface area (Å²) in [6.45, 7) is 1.37. The number of nitrogens with zero attached hydrogens (tertiary/aromatic N) is 3. The van der Waals surface area contributed by atoms with E-state index in [1.807, 2.05) is 0 Å². The Morgan fingerprint density at radius 2 is 2.25 bits per heavy atom. The largest absolute Gasteiger partial charge is 0.384 e. The molecule has 2 atom stereocenters. The third kappa shape index (κ3) is 2.67. The van der Waals surface area contributed by atoms with Crippen LogP contribution in [0.3, 0.4) is 0 Å². The highest BCUT2D eigenvalue weighted by molar-refractivity contribution is 5.92. The molecule has 2 rings (SSSR count). The molecule has 0 radical (unpaired) electrons. The van der Waals surface area contributed by atoms with E-state index in [4.69, 9.17) is 4.74 Å². The Balaban J connectivity index is 2.13. The number of nitrogens with one attached hydrogen (secondary N) is 1. The van der Waals surface area contributed by atoms with Crippen LogP contribution in [0.5, 0.6) is 0 Å². The van der Waals surface area contributed by atoms with Gasteiger partial charge in [-0.3, -0.25) is 9.59 Å². The van der Waals surface area contributed by atoms with Gasteiger partial charge in [0.1, 0.15) is 0 Å². The summed E-state index contributed by atoms with van der Waals surface area (Å²) in [5, 5.41) is 2.65. The van der Waals surface area contributed by atoms with E-state index in [1.165, 1.54) is 0 Å². The van der Waals surface area contributed by atoms with Gasteiger partial charge >= 0.3 is 0 Å². The molecule has 7 nitrogen and oxygen atoms in total. The summed E-state index contributed by atoms with van der Waals surface area (Å²) in [5.41, 5.74) is 0. The van der Waals surface area contributed by atoms with Gasteiger partial charge in [-0.05, 0) is 0 Å². The molecule has 1 aliphatic heterocycles. The molecule has 0 bridgehead atoms. The zero-order chi connectivity index (χ0) is 14.7. The van der Waals surface area contributed by atoms with Crippen LogP contribution in [0.4, 0.5) is 0 Å². The number of aryl methyl sites for hydroxylation is 1. The number of hydrogen-bond donors (Lipinski definition) is 1. The van der Waals surface area contributed by atoms with Crippen molar-refractivity contribution in [1.82, 2.24) is 19.8 Å². The molecular weight excluding hydrogens is 260 g/mol. The van der Waals surface area contributed by atoms with Crippen LogP contribution in [0.1, 0.15) is 10.6 Å². The number of carbonyl (C=O) groups excluding carboxylic acids is 2. The highest BCUT2D eigenvalue weighted by Crippen LogP contribution is 2.25. The number of amides is 2. The molecule has 1 aromatic heterocycles. The number of imidazole rings is 1. The highest BCUT2D eigenvalue weighted by Gasteiger charge is 2.40. The first-order chi connectivity index (χ1) is 9.58. The number of carbonyl (C=O) groups is 2. The van der Waals surface area contributed by atoms with E-state index < -0.39 is 0 Å². The van der Waals surface area contributed by atoms with Gasteiger partial charge in [-0.1, -0.05) is 0 Å². The van der Waals surface area contributed by atoms with E-state index in [0.717, 1.165) is 0 Å². The van der Waals surface area contributed by atoms with Gasteiger partial charge in [-0.15, -0.1) is 0 Å². The lowest BCUT2D eigenvalue weighted by molar-refractivity contribution is -0.125. The van der Waals surface area contributed by atoms with E-state index in [0.29, 0.717) is 25.5 Å². The van der Waals surface area contributed by atoms with Crippen molar-refractivity contribution in [2.24, 2.45) is 18.9 Å². The van der Waals surface area contributed by atoms with Crippen molar-refractivity contribution in [3.05, 3.63) is 18.2 Å². The second-order valence-electron chi connectivity index (χ2n) is 5.01. The Labute approximate surface area is 117 Å².